The number of allylic oxidation sites excluding steroid dienone is 1. The summed E-state index contributed by atoms with van der Waals surface area (Å²) in [6.45, 7) is 0.439. The average molecular weight is 387 g/mol. The summed E-state index contributed by atoms with van der Waals surface area (Å²) in [5, 5.41) is 16.7. The first-order valence-corrected chi connectivity index (χ1v) is 10.1. The van der Waals surface area contributed by atoms with Gasteiger partial charge in [-0.2, -0.15) is 0 Å². The molecule has 0 bridgehead atoms. The summed E-state index contributed by atoms with van der Waals surface area (Å²) in [6.07, 6.45) is 10.2. The van der Waals surface area contributed by atoms with Crippen LogP contribution in [-0.2, 0) is 22.4 Å². The van der Waals surface area contributed by atoms with Gasteiger partial charge in [0, 0.05) is 5.70 Å². The molecule has 0 radical (unpaired) electrons. The summed E-state index contributed by atoms with van der Waals surface area (Å²) < 4.78 is 4.86. The summed E-state index contributed by atoms with van der Waals surface area (Å²) in [7, 11) is 0. The van der Waals surface area contributed by atoms with Gasteiger partial charge in [-0.05, 0) is 70.5 Å². The van der Waals surface area contributed by atoms with Crippen LogP contribution in [0.1, 0.15) is 24.0 Å². The quantitative estimate of drug-likeness (QED) is 0.624. The number of hydrogen-bond donors (Lipinski definition) is 2. The Morgan fingerprint density at radius 2 is 1.79 bits per heavy atom. The molecule has 4 heteroatoms. The molecule has 29 heavy (non-hydrogen) atoms. The Kier molecular flexibility index (Phi) is 5.80. The molecule has 2 aliphatic rings. The van der Waals surface area contributed by atoms with Gasteiger partial charge in [0.2, 0.25) is 0 Å². The molecule has 0 aromatic heterocycles. The van der Waals surface area contributed by atoms with E-state index in [0.29, 0.717) is 6.61 Å². The number of nitrogens with one attached hydrogen (secondary N) is 1. The zero-order valence-electron chi connectivity index (χ0n) is 16.4. The van der Waals surface area contributed by atoms with Crippen LogP contribution < -0.4 is 5.32 Å². The van der Waals surface area contributed by atoms with Gasteiger partial charge < -0.3 is 15.2 Å². The molecule has 0 fully saturated rings. The molecule has 0 amide bonds. The number of aliphatic carboxylic acids is 1. The first-order chi connectivity index (χ1) is 14.2. The van der Waals surface area contributed by atoms with Crippen molar-refractivity contribution in [2.75, 3.05) is 13.2 Å². The Balaban J connectivity index is 0.000000161. The lowest BCUT2D eigenvalue weighted by molar-refractivity contribution is -0.135. The molecule has 3 aromatic rings. The molecule has 0 atom stereocenters. The van der Waals surface area contributed by atoms with Gasteiger partial charge in [-0.25, -0.2) is 0 Å². The van der Waals surface area contributed by atoms with Crippen LogP contribution in [0.2, 0.25) is 0 Å². The van der Waals surface area contributed by atoms with Crippen molar-refractivity contribution in [3.05, 3.63) is 83.8 Å². The maximum absolute atomic E-state index is 10.1. The maximum Gasteiger partial charge on any atom is 0.322 e. The molecule has 4 nitrogen and oxygen atoms in total. The van der Waals surface area contributed by atoms with Crippen molar-refractivity contribution in [1.82, 2.24) is 5.32 Å². The van der Waals surface area contributed by atoms with Crippen LogP contribution in [0.4, 0.5) is 0 Å². The summed E-state index contributed by atoms with van der Waals surface area (Å²) >= 11 is 0. The number of fused-ring (bicyclic) bond motifs is 5. The molecule has 3 aromatic carbocycles. The fraction of sp³-hybridized carbons (Fsp3) is 0.240. The van der Waals surface area contributed by atoms with E-state index in [4.69, 9.17) is 9.84 Å². The first kappa shape index (κ1) is 19.1. The maximum atomic E-state index is 10.1. The Hall–Kier alpha value is -3.27. The molecule has 5 rings (SSSR count). The SMILES string of the molecule is O=C(O)CNC1=CCOC=C1.c1ccc2c(c1)ccc1c3c(ccc12)CCCC3. The van der Waals surface area contributed by atoms with E-state index in [9.17, 15) is 4.79 Å². The molecule has 1 heterocycles. The van der Waals surface area contributed by atoms with Crippen LogP contribution >= 0.6 is 0 Å². The summed E-state index contributed by atoms with van der Waals surface area (Å²) in [5.41, 5.74) is 3.96. The predicted octanol–water partition coefficient (Wildman–Crippen LogP) is 4.96. The Morgan fingerprint density at radius 3 is 2.62 bits per heavy atom. The minimum Gasteiger partial charge on any atom is -0.497 e. The zero-order valence-corrected chi connectivity index (χ0v) is 16.4. The number of ether oxygens (including phenoxy) is 1. The van der Waals surface area contributed by atoms with Gasteiger partial charge in [0.1, 0.15) is 13.2 Å². The smallest absolute Gasteiger partial charge is 0.322 e. The van der Waals surface area contributed by atoms with Crippen molar-refractivity contribution in [3.8, 4) is 0 Å². The minimum absolute atomic E-state index is 0.0594. The summed E-state index contributed by atoms with van der Waals surface area (Å²) in [4.78, 5) is 10.1. The molecule has 0 saturated heterocycles. The third-order valence-corrected chi connectivity index (χ3v) is 5.44. The molecule has 0 unspecified atom stereocenters. The van der Waals surface area contributed by atoms with E-state index in [2.05, 4.69) is 53.8 Å². The largest absolute Gasteiger partial charge is 0.497 e. The summed E-state index contributed by atoms with van der Waals surface area (Å²) in [5.74, 6) is -0.870. The second kappa shape index (κ2) is 8.82. The zero-order chi connectivity index (χ0) is 20.1. The second-order valence-electron chi connectivity index (χ2n) is 7.34. The van der Waals surface area contributed by atoms with Gasteiger partial charge in [-0.15, -0.1) is 0 Å². The van der Waals surface area contributed by atoms with Crippen molar-refractivity contribution in [1.29, 1.82) is 0 Å². The lowest BCUT2D eigenvalue weighted by atomic mass is 9.86. The molecule has 2 N–H and O–H groups in total. The van der Waals surface area contributed by atoms with Crippen molar-refractivity contribution in [2.24, 2.45) is 0 Å². The fourth-order valence-electron chi connectivity index (χ4n) is 4.03. The highest BCUT2D eigenvalue weighted by Crippen LogP contribution is 2.33. The highest BCUT2D eigenvalue weighted by molar-refractivity contribution is 6.08. The number of aryl methyl sites for hydroxylation is 2. The van der Waals surface area contributed by atoms with E-state index < -0.39 is 5.97 Å². The van der Waals surface area contributed by atoms with Crippen molar-refractivity contribution in [2.45, 2.75) is 25.7 Å². The van der Waals surface area contributed by atoms with E-state index in [0.717, 1.165) is 5.70 Å². The van der Waals surface area contributed by atoms with Gasteiger partial charge in [0.15, 0.2) is 0 Å². The average Bonchev–Trinajstić information content (AvgIpc) is 2.78. The third-order valence-electron chi connectivity index (χ3n) is 5.44. The highest BCUT2D eigenvalue weighted by atomic mass is 16.5. The lowest BCUT2D eigenvalue weighted by Crippen LogP contribution is -2.22. The Morgan fingerprint density at radius 1 is 0.966 bits per heavy atom. The fourth-order valence-corrected chi connectivity index (χ4v) is 4.03. The predicted molar refractivity (Wildman–Crippen MR) is 117 cm³/mol. The topological polar surface area (TPSA) is 58.6 Å². The monoisotopic (exact) mass is 387 g/mol. The van der Waals surface area contributed by atoms with Crippen molar-refractivity contribution < 1.29 is 14.6 Å². The standard InChI is InChI=1S/C18H16.C7H9NO3/c1-3-7-15-13(5-1)9-11-18-16-8-4-2-6-14(16)10-12-17(15)18;9-7(10)5-8-6-1-3-11-4-2-6/h1,3,5,7,9-12H,2,4,6,8H2;1-3,8H,4-5H2,(H,9,10). The van der Waals surface area contributed by atoms with Gasteiger partial charge in [-0.3, -0.25) is 4.79 Å². The number of rotatable bonds is 3. The number of carboxylic acids is 1. The van der Waals surface area contributed by atoms with E-state index in [1.165, 1.54) is 53.5 Å². The van der Waals surface area contributed by atoms with Crippen LogP contribution in [0.5, 0.6) is 0 Å². The van der Waals surface area contributed by atoms with Gasteiger partial charge >= 0.3 is 5.97 Å². The first-order valence-electron chi connectivity index (χ1n) is 10.1. The van der Waals surface area contributed by atoms with Crippen LogP contribution in [0.25, 0.3) is 21.5 Å². The van der Waals surface area contributed by atoms with Crippen molar-refractivity contribution >= 4 is 27.5 Å². The second-order valence-corrected chi connectivity index (χ2v) is 7.34. The molecular weight excluding hydrogens is 362 g/mol. The molecular formula is C25H25NO3. The van der Waals surface area contributed by atoms with Gasteiger partial charge in [-0.1, -0.05) is 48.5 Å². The van der Waals surface area contributed by atoms with E-state index in [1.807, 2.05) is 0 Å². The van der Waals surface area contributed by atoms with Crippen LogP contribution in [0.3, 0.4) is 0 Å². The molecule has 1 aliphatic heterocycles. The number of carbonyl (C=O) groups is 1. The van der Waals surface area contributed by atoms with Crippen LogP contribution in [-0.4, -0.2) is 24.2 Å². The van der Waals surface area contributed by atoms with Crippen LogP contribution in [0.15, 0.2) is 72.6 Å². The van der Waals surface area contributed by atoms with E-state index in [1.54, 1.807) is 23.3 Å². The van der Waals surface area contributed by atoms with E-state index >= 15 is 0 Å². The lowest BCUT2D eigenvalue weighted by Gasteiger charge is -2.18. The van der Waals surface area contributed by atoms with Gasteiger partial charge in [0.25, 0.3) is 0 Å². The van der Waals surface area contributed by atoms with Gasteiger partial charge in [0.05, 0.1) is 6.26 Å². The summed E-state index contributed by atoms with van der Waals surface area (Å²) in [6, 6.07) is 18.0. The number of carboxylic acid groups (broad SMARTS) is 1. The third kappa shape index (κ3) is 4.43. The Labute approximate surface area is 170 Å². The Bertz CT molecular complexity index is 1100. The van der Waals surface area contributed by atoms with Crippen molar-refractivity contribution in [3.63, 3.8) is 0 Å². The van der Waals surface area contributed by atoms with E-state index in [-0.39, 0.29) is 6.54 Å². The number of hydrogen-bond acceptors (Lipinski definition) is 3. The molecule has 0 saturated carbocycles. The molecule has 1 aliphatic carbocycles. The molecule has 0 spiro atoms. The van der Waals surface area contributed by atoms with Crippen LogP contribution in [0, 0.1) is 0 Å². The normalized spacial score (nSPS) is 15.0. The highest BCUT2D eigenvalue weighted by Gasteiger charge is 2.13. The molecule has 148 valence electrons. The number of benzene rings is 3. The minimum atomic E-state index is -0.870.